The van der Waals surface area contributed by atoms with E-state index in [1.54, 1.807) is 0 Å². The van der Waals surface area contributed by atoms with Crippen LogP contribution in [0.4, 0.5) is 0 Å². The van der Waals surface area contributed by atoms with Crippen molar-refractivity contribution in [3.8, 4) is 0 Å². The Labute approximate surface area is 82.0 Å². The standard InChI is InChI=1S/C11H22N2/c1-4-6-13(10(2)3)7-5-11-8-12-9-11/h4,10-12H,1,5-9H2,2-3H3. The summed E-state index contributed by atoms with van der Waals surface area (Å²) in [6, 6.07) is 0.644. The number of rotatable bonds is 6. The van der Waals surface area contributed by atoms with E-state index in [2.05, 4.69) is 30.6 Å². The molecule has 1 saturated heterocycles. The predicted octanol–water partition coefficient (Wildman–Crippen LogP) is 1.49. The molecule has 0 aromatic heterocycles. The largest absolute Gasteiger partial charge is 0.316 e. The van der Waals surface area contributed by atoms with Crippen molar-refractivity contribution < 1.29 is 0 Å². The zero-order valence-corrected chi connectivity index (χ0v) is 8.92. The Morgan fingerprint density at radius 2 is 2.23 bits per heavy atom. The number of nitrogens with one attached hydrogen (secondary N) is 1. The lowest BCUT2D eigenvalue weighted by Gasteiger charge is -2.31. The van der Waals surface area contributed by atoms with Crippen molar-refractivity contribution in [2.75, 3.05) is 26.2 Å². The lowest BCUT2D eigenvalue weighted by molar-refractivity contribution is 0.207. The van der Waals surface area contributed by atoms with Crippen LogP contribution in [0.3, 0.4) is 0 Å². The second kappa shape index (κ2) is 5.40. The molecule has 0 aromatic carbocycles. The molecule has 0 unspecified atom stereocenters. The van der Waals surface area contributed by atoms with Gasteiger partial charge in [0, 0.05) is 12.6 Å². The highest BCUT2D eigenvalue weighted by atomic mass is 15.1. The van der Waals surface area contributed by atoms with Crippen molar-refractivity contribution in [1.82, 2.24) is 10.2 Å². The second-order valence-corrected chi connectivity index (χ2v) is 4.19. The summed E-state index contributed by atoms with van der Waals surface area (Å²) in [7, 11) is 0. The molecule has 13 heavy (non-hydrogen) atoms. The van der Waals surface area contributed by atoms with Gasteiger partial charge in [-0.2, -0.15) is 0 Å². The minimum atomic E-state index is 0.644. The summed E-state index contributed by atoms with van der Waals surface area (Å²) in [4.78, 5) is 2.48. The normalized spacial score (nSPS) is 17.8. The summed E-state index contributed by atoms with van der Waals surface area (Å²) < 4.78 is 0. The Hall–Kier alpha value is -0.340. The van der Waals surface area contributed by atoms with Gasteiger partial charge in [0.25, 0.3) is 0 Å². The molecule has 1 aliphatic heterocycles. The number of hydrogen-bond donors (Lipinski definition) is 1. The van der Waals surface area contributed by atoms with Gasteiger partial charge >= 0.3 is 0 Å². The molecule has 0 aromatic rings. The molecular formula is C11H22N2. The highest BCUT2D eigenvalue weighted by Gasteiger charge is 2.18. The van der Waals surface area contributed by atoms with Crippen LogP contribution in [-0.4, -0.2) is 37.1 Å². The van der Waals surface area contributed by atoms with Crippen molar-refractivity contribution in [2.24, 2.45) is 5.92 Å². The molecule has 0 amide bonds. The Bertz CT molecular complexity index is 150. The fourth-order valence-electron chi connectivity index (χ4n) is 1.63. The Balaban J connectivity index is 2.16. The summed E-state index contributed by atoms with van der Waals surface area (Å²) >= 11 is 0. The molecule has 1 fully saturated rings. The van der Waals surface area contributed by atoms with E-state index in [1.165, 1.54) is 26.1 Å². The maximum Gasteiger partial charge on any atom is 0.0163 e. The average Bonchev–Trinajstić information content (AvgIpc) is 1.99. The van der Waals surface area contributed by atoms with Crippen LogP contribution in [0.5, 0.6) is 0 Å². The van der Waals surface area contributed by atoms with E-state index in [0.29, 0.717) is 6.04 Å². The van der Waals surface area contributed by atoms with Crippen LogP contribution in [0.15, 0.2) is 12.7 Å². The predicted molar refractivity (Wildman–Crippen MR) is 57.9 cm³/mol. The highest BCUT2D eigenvalue weighted by molar-refractivity contribution is 4.79. The Morgan fingerprint density at radius 1 is 1.54 bits per heavy atom. The number of nitrogens with zero attached hydrogens (tertiary/aromatic N) is 1. The minimum absolute atomic E-state index is 0.644. The van der Waals surface area contributed by atoms with Gasteiger partial charge in [0.05, 0.1) is 0 Å². The zero-order chi connectivity index (χ0) is 9.68. The van der Waals surface area contributed by atoms with Crippen molar-refractivity contribution in [3.05, 3.63) is 12.7 Å². The molecule has 1 heterocycles. The molecule has 0 bridgehead atoms. The molecule has 0 radical (unpaired) electrons. The van der Waals surface area contributed by atoms with Crippen LogP contribution < -0.4 is 5.32 Å². The van der Waals surface area contributed by atoms with Crippen LogP contribution in [0.1, 0.15) is 20.3 Å². The van der Waals surface area contributed by atoms with Gasteiger partial charge < -0.3 is 5.32 Å². The summed E-state index contributed by atoms with van der Waals surface area (Å²) in [6.07, 6.45) is 3.33. The maximum atomic E-state index is 3.79. The molecule has 1 aliphatic rings. The van der Waals surface area contributed by atoms with Gasteiger partial charge in [-0.25, -0.2) is 0 Å². The van der Waals surface area contributed by atoms with E-state index >= 15 is 0 Å². The summed E-state index contributed by atoms with van der Waals surface area (Å²) in [5.41, 5.74) is 0. The molecule has 76 valence electrons. The summed E-state index contributed by atoms with van der Waals surface area (Å²) in [6.45, 7) is 13.0. The van der Waals surface area contributed by atoms with Gasteiger partial charge in [-0.3, -0.25) is 4.90 Å². The molecule has 2 nitrogen and oxygen atoms in total. The SMILES string of the molecule is C=CCN(CCC1CNC1)C(C)C. The summed E-state index contributed by atoms with van der Waals surface area (Å²) in [5, 5.41) is 3.31. The van der Waals surface area contributed by atoms with Gasteiger partial charge in [-0.05, 0) is 45.8 Å². The van der Waals surface area contributed by atoms with Crippen molar-refractivity contribution in [3.63, 3.8) is 0 Å². The molecule has 2 heteroatoms. The Kier molecular flexibility index (Phi) is 4.46. The second-order valence-electron chi connectivity index (χ2n) is 4.19. The fourth-order valence-corrected chi connectivity index (χ4v) is 1.63. The van der Waals surface area contributed by atoms with Gasteiger partial charge in [0.2, 0.25) is 0 Å². The quantitative estimate of drug-likeness (QED) is 0.626. The van der Waals surface area contributed by atoms with E-state index in [9.17, 15) is 0 Å². The minimum Gasteiger partial charge on any atom is -0.316 e. The van der Waals surface area contributed by atoms with Crippen molar-refractivity contribution in [1.29, 1.82) is 0 Å². The average molecular weight is 182 g/mol. The molecule has 1 rings (SSSR count). The fraction of sp³-hybridized carbons (Fsp3) is 0.818. The van der Waals surface area contributed by atoms with Gasteiger partial charge in [-0.15, -0.1) is 6.58 Å². The first-order valence-electron chi connectivity index (χ1n) is 5.29. The van der Waals surface area contributed by atoms with Crippen LogP contribution in [-0.2, 0) is 0 Å². The van der Waals surface area contributed by atoms with Gasteiger partial charge in [-0.1, -0.05) is 6.08 Å². The third-order valence-electron chi connectivity index (χ3n) is 2.78. The van der Waals surface area contributed by atoms with Crippen LogP contribution >= 0.6 is 0 Å². The lowest BCUT2D eigenvalue weighted by atomic mass is 9.99. The third-order valence-corrected chi connectivity index (χ3v) is 2.78. The van der Waals surface area contributed by atoms with Crippen molar-refractivity contribution >= 4 is 0 Å². The molecule has 0 atom stereocenters. The van der Waals surface area contributed by atoms with E-state index in [-0.39, 0.29) is 0 Å². The topological polar surface area (TPSA) is 15.3 Å². The van der Waals surface area contributed by atoms with Crippen LogP contribution in [0, 0.1) is 5.92 Å². The summed E-state index contributed by atoms with van der Waals surface area (Å²) in [5.74, 6) is 0.922. The smallest absolute Gasteiger partial charge is 0.0163 e. The third kappa shape index (κ3) is 3.49. The first-order chi connectivity index (χ1) is 6.24. The van der Waals surface area contributed by atoms with Crippen LogP contribution in [0.25, 0.3) is 0 Å². The number of hydrogen-bond acceptors (Lipinski definition) is 2. The molecule has 0 aliphatic carbocycles. The van der Waals surface area contributed by atoms with Gasteiger partial charge in [0.1, 0.15) is 0 Å². The first-order valence-corrected chi connectivity index (χ1v) is 5.29. The Morgan fingerprint density at radius 3 is 2.62 bits per heavy atom. The maximum absolute atomic E-state index is 3.79. The van der Waals surface area contributed by atoms with E-state index < -0.39 is 0 Å². The highest BCUT2D eigenvalue weighted by Crippen LogP contribution is 2.10. The monoisotopic (exact) mass is 182 g/mol. The van der Waals surface area contributed by atoms with Crippen molar-refractivity contribution in [2.45, 2.75) is 26.3 Å². The zero-order valence-electron chi connectivity index (χ0n) is 8.92. The van der Waals surface area contributed by atoms with E-state index in [0.717, 1.165) is 12.5 Å². The van der Waals surface area contributed by atoms with E-state index in [4.69, 9.17) is 0 Å². The van der Waals surface area contributed by atoms with E-state index in [1.807, 2.05) is 6.08 Å². The van der Waals surface area contributed by atoms with Crippen LogP contribution in [0.2, 0.25) is 0 Å². The molecule has 0 saturated carbocycles. The lowest BCUT2D eigenvalue weighted by Crippen LogP contribution is -2.44. The molecule has 1 N–H and O–H groups in total. The molecule has 0 spiro atoms. The van der Waals surface area contributed by atoms with Gasteiger partial charge in [0.15, 0.2) is 0 Å². The molecular weight excluding hydrogens is 160 g/mol. The first kappa shape index (κ1) is 10.7.